The molecular formula is C14H11F2NO2S. The molecule has 20 heavy (non-hydrogen) atoms. The van der Waals surface area contributed by atoms with E-state index < -0.39 is 17.4 Å². The second kappa shape index (κ2) is 5.94. The topological polar surface area (TPSA) is 55.5 Å². The Labute approximate surface area is 119 Å². The fourth-order valence-corrected chi connectivity index (χ4v) is 1.76. The maximum absolute atomic E-state index is 13.8. The molecule has 2 rings (SSSR count). The van der Waals surface area contributed by atoms with Crippen LogP contribution in [-0.4, -0.2) is 10.1 Å². The summed E-state index contributed by atoms with van der Waals surface area (Å²) < 4.78 is 32.9. The third-order valence-corrected chi connectivity index (χ3v) is 2.87. The summed E-state index contributed by atoms with van der Waals surface area (Å²) in [6.45, 7) is -0.301. The molecule has 2 aromatic carbocycles. The maximum Gasteiger partial charge on any atom is 0.198 e. The number of para-hydroxylation sites is 1. The molecular weight excluding hydrogens is 284 g/mol. The first-order valence-electron chi connectivity index (χ1n) is 5.68. The predicted molar refractivity (Wildman–Crippen MR) is 74.7 cm³/mol. The van der Waals surface area contributed by atoms with E-state index in [0.29, 0.717) is 5.56 Å². The van der Waals surface area contributed by atoms with Crippen LogP contribution < -0.4 is 10.5 Å². The molecule has 0 aliphatic heterocycles. The summed E-state index contributed by atoms with van der Waals surface area (Å²) in [5, 5.41) is 9.15. The molecule has 0 radical (unpaired) electrons. The number of aliphatic hydroxyl groups is 1. The van der Waals surface area contributed by atoms with Gasteiger partial charge in [0.25, 0.3) is 0 Å². The van der Waals surface area contributed by atoms with Crippen molar-refractivity contribution >= 4 is 17.2 Å². The smallest absolute Gasteiger partial charge is 0.198 e. The van der Waals surface area contributed by atoms with Crippen LogP contribution in [0.2, 0.25) is 0 Å². The molecule has 0 aliphatic carbocycles. The summed E-state index contributed by atoms with van der Waals surface area (Å²) in [5.74, 6) is -2.22. The van der Waals surface area contributed by atoms with Gasteiger partial charge in [0.15, 0.2) is 17.4 Å². The second-order valence-electron chi connectivity index (χ2n) is 4.00. The van der Waals surface area contributed by atoms with Gasteiger partial charge in [-0.3, -0.25) is 0 Å². The molecule has 0 saturated heterocycles. The summed E-state index contributed by atoms with van der Waals surface area (Å²) >= 11 is 4.66. The van der Waals surface area contributed by atoms with Crippen molar-refractivity contribution in [1.29, 1.82) is 0 Å². The minimum Gasteiger partial charge on any atom is -0.451 e. The Morgan fingerprint density at radius 1 is 1.20 bits per heavy atom. The molecule has 3 nitrogen and oxygen atoms in total. The summed E-state index contributed by atoms with van der Waals surface area (Å²) in [5.41, 5.74) is 5.83. The van der Waals surface area contributed by atoms with Gasteiger partial charge in [0.1, 0.15) is 10.7 Å². The third kappa shape index (κ3) is 2.92. The van der Waals surface area contributed by atoms with Crippen LogP contribution in [0.3, 0.4) is 0 Å². The molecule has 0 heterocycles. The Hall–Kier alpha value is -2.05. The lowest BCUT2D eigenvalue weighted by molar-refractivity contribution is 0.275. The number of rotatable bonds is 4. The van der Waals surface area contributed by atoms with Crippen molar-refractivity contribution in [3.05, 3.63) is 59.2 Å². The van der Waals surface area contributed by atoms with Crippen LogP contribution in [0.5, 0.6) is 11.5 Å². The van der Waals surface area contributed by atoms with Gasteiger partial charge in [-0.15, -0.1) is 0 Å². The lowest BCUT2D eigenvalue weighted by Gasteiger charge is -2.12. The Morgan fingerprint density at radius 2 is 1.80 bits per heavy atom. The second-order valence-corrected chi connectivity index (χ2v) is 4.44. The molecule has 0 spiro atoms. The molecule has 0 fully saturated rings. The van der Waals surface area contributed by atoms with E-state index in [0.717, 1.165) is 12.1 Å². The fraction of sp³-hybridized carbons (Fsp3) is 0.0714. The lowest BCUT2D eigenvalue weighted by Crippen LogP contribution is -2.10. The van der Waals surface area contributed by atoms with E-state index in [1.54, 1.807) is 18.2 Å². The zero-order chi connectivity index (χ0) is 14.7. The highest BCUT2D eigenvalue weighted by atomic mass is 32.1. The van der Waals surface area contributed by atoms with Gasteiger partial charge in [0.2, 0.25) is 0 Å². The van der Waals surface area contributed by atoms with Gasteiger partial charge in [0, 0.05) is 11.1 Å². The predicted octanol–water partition coefficient (Wildman–Crippen LogP) is 2.88. The van der Waals surface area contributed by atoms with Gasteiger partial charge in [-0.1, -0.05) is 30.4 Å². The standard InChI is InChI=1S/C14H11F2NO2S/c15-10-5-9(14(17)20)6-11(16)13(10)19-12-4-2-1-3-8(12)7-18/h1-6,18H,7H2,(H2,17,20). The fourth-order valence-electron chi connectivity index (χ4n) is 1.64. The van der Waals surface area contributed by atoms with Crippen LogP contribution in [0, 0.1) is 11.6 Å². The molecule has 6 heteroatoms. The summed E-state index contributed by atoms with van der Waals surface area (Å²) in [4.78, 5) is -0.106. The number of benzene rings is 2. The van der Waals surface area contributed by atoms with Gasteiger partial charge in [0.05, 0.1) is 6.61 Å². The van der Waals surface area contributed by atoms with E-state index in [1.807, 2.05) is 0 Å². The molecule has 104 valence electrons. The van der Waals surface area contributed by atoms with Crippen molar-refractivity contribution in [1.82, 2.24) is 0 Å². The monoisotopic (exact) mass is 295 g/mol. The first-order chi connectivity index (χ1) is 9.52. The van der Waals surface area contributed by atoms with Gasteiger partial charge in [-0.05, 0) is 18.2 Å². The van der Waals surface area contributed by atoms with E-state index in [4.69, 9.17) is 15.6 Å². The minimum atomic E-state index is -0.916. The maximum atomic E-state index is 13.8. The largest absolute Gasteiger partial charge is 0.451 e. The number of halogens is 2. The molecule has 0 unspecified atom stereocenters. The van der Waals surface area contributed by atoms with Crippen LogP contribution >= 0.6 is 12.2 Å². The molecule has 0 saturated carbocycles. The van der Waals surface area contributed by atoms with Crippen molar-refractivity contribution < 1.29 is 18.6 Å². The van der Waals surface area contributed by atoms with Crippen LogP contribution in [0.25, 0.3) is 0 Å². The number of hydrogen-bond donors (Lipinski definition) is 2. The highest BCUT2D eigenvalue weighted by molar-refractivity contribution is 7.80. The number of ether oxygens (including phenoxy) is 1. The zero-order valence-electron chi connectivity index (χ0n) is 10.3. The van der Waals surface area contributed by atoms with Gasteiger partial charge >= 0.3 is 0 Å². The number of hydrogen-bond acceptors (Lipinski definition) is 3. The Morgan fingerprint density at radius 3 is 2.35 bits per heavy atom. The van der Waals surface area contributed by atoms with Gasteiger partial charge in [-0.2, -0.15) is 0 Å². The van der Waals surface area contributed by atoms with Gasteiger partial charge < -0.3 is 15.6 Å². The average molecular weight is 295 g/mol. The van der Waals surface area contributed by atoms with Crippen LogP contribution in [0.4, 0.5) is 8.78 Å². The molecule has 0 aliphatic rings. The quantitative estimate of drug-likeness (QED) is 0.852. The SMILES string of the molecule is NC(=S)c1cc(F)c(Oc2ccccc2CO)c(F)c1. The first-order valence-corrected chi connectivity index (χ1v) is 6.09. The normalized spacial score (nSPS) is 10.3. The van der Waals surface area contributed by atoms with E-state index in [2.05, 4.69) is 12.2 Å². The first kappa shape index (κ1) is 14.4. The van der Waals surface area contributed by atoms with E-state index in [1.165, 1.54) is 6.07 Å². The number of aliphatic hydroxyl groups excluding tert-OH is 1. The molecule has 0 atom stereocenters. The van der Waals surface area contributed by atoms with Gasteiger partial charge in [-0.25, -0.2) is 8.78 Å². The lowest BCUT2D eigenvalue weighted by atomic mass is 10.2. The number of nitrogens with two attached hydrogens (primary N) is 1. The molecule has 0 aromatic heterocycles. The van der Waals surface area contributed by atoms with Crippen LogP contribution in [-0.2, 0) is 6.61 Å². The minimum absolute atomic E-state index is 0.0813. The van der Waals surface area contributed by atoms with E-state index >= 15 is 0 Å². The van der Waals surface area contributed by atoms with Crippen molar-refractivity contribution in [2.45, 2.75) is 6.61 Å². The van der Waals surface area contributed by atoms with Crippen molar-refractivity contribution in [3.8, 4) is 11.5 Å². The molecule has 0 bridgehead atoms. The summed E-state index contributed by atoms with van der Waals surface area (Å²) in [7, 11) is 0. The number of thiocarbonyl (C=S) groups is 1. The Balaban J connectivity index is 2.41. The van der Waals surface area contributed by atoms with Crippen LogP contribution in [0.1, 0.15) is 11.1 Å². The molecule has 2 aromatic rings. The van der Waals surface area contributed by atoms with E-state index in [-0.39, 0.29) is 22.9 Å². The summed E-state index contributed by atoms with van der Waals surface area (Å²) in [6, 6.07) is 8.42. The Kier molecular flexibility index (Phi) is 4.26. The van der Waals surface area contributed by atoms with E-state index in [9.17, 15) is 8.78 Å². The highest BCUT2D eigenvalue weighted by Gasteiger charge is 2.16. The van der Waals surface area contributed by atoms with Crippen molar-refractivity contribution in [3.63, 3.8) is 0 Å². The third-order valence-electron chi connectivity index (χ3n) is 2.64. The molecule has 3 N–H and O–H groups in total. The highest BCUT2D eigenvalue weighted by Crippen LogP contribution is 2.30. The average Bonchev–Trinajstić information content (AvgIpc) is 2.42. The van der Waals surface area contributed by atoms with Crippen molar-refractivity contribution in [2.75, 3.05) is 0 Å². The molecule has 0 amide bonds. The zero-order valence-corrected chi connectivity index (χ0v) is 11.1. The summed E-state index contributed by atoms with van der Waals surface area (Å²) in [6.07, 6.45) is 0. The van der Waals surface area contributed by atoms with Crippen LogP contribution in [0.15, 0.2) is 36.4 Å². The van der Waals surface area contributed by atoms with Crippen molar-refractivity contribution in [2.24, 2.45) is 5.73 Å². The Bertz CT molecular complexity index is 638.